The van der Waals surface area contributed by atoms with E-state index in [9.17, 15) is 57.6 Å². The van der Waals surface area contributed by atoms with Crippen molar-refractivity contribution in [1.29, 1.82) is 0 Å². The largest absolute Gasteiger partial charge is 0.489 e. The number of aromatic nitrogens is 6. The quantitative estimate of drug-likeness (QED) is 0.00989. The first-order valence-corrected chi connectivity index (χ1v) is 29.9. The molecule has 4 amide bonds. The highest BCUT2D eigenvalue weighted by molar-refractivity contribution is 7.81. The Bertz CT molecular complexity index is 3710. The Labute approximate surface area is 522 Å². The number of ether oxygens (including phenoxy) is 2. The molecule has 0 bridgehead atoms. The molecule has 34 nitrogen and oxygen atoms in total. The lowest BCUT2D eigenvalue weighted by Crippen LogP contribution is -2.78. The van der Waals surface area contributed by atoms with Gasteiger partial charge in [-0.3, -0.25) is 19.2 Å². The van der Waals surface area contributed by atoms with Gasteiger partial charge in [0.25, 0.3) is 35.8 Å². The number of carbonyl (C=O) groups excluding carboxylic acids is 4. The van der Waals surface area contributed by atoms with Gasteiger partial charge in [-0.1, -0.05) is 10.3 Å². The number of carboxylic acids is 2. The predicted molar refractivity (Wildman–Crippen MR) is 311 cm³/mol. The minimum absolute atomic E-state index is 0.00501. The minimum Gasteiger partial charge on any atom is -0.489 e. The first-order valence-electron chi connectivity index (χ1n) is 26.9. The van der Waals surface area contributed by atoms with Crippen molar-refractivity contribution >= 4 is 90.3 Å². The van der Waals surface area contributed by atoms with Crippen LogP contribution >= 0.6 is 22.7 Å². The van der Waals surface area contributed by atoms with Gasteiger partial charge in [0.2, 0.25) is 12.4 Å². The zero-order valence-electron chi connectivity index (χ0n) is 48.9. The number of aliphatic carboxylic acids is 2. The van der Waals surface area contributed by atoms with E-state index in [4.69, 9.17) is 50.7 Å². The van der Waals surface area contributed by atoms with Crippen LogP contribution in [0, 0.1) is 11.6 Å². The van der Waals surface area contributed by atoms with Crippen molar-refractivity contribution in [1.82, 2.24) is 40.1 Å². The second-order valence-electron chi connectivity index (χ2n) is 21.3. The maximum atomic E-state index is 15.4. The fourth-order valence-corrected chi connectivity index (χ4v) is 10.9. The zero-order valence-corrected chi connectivity index (χ0v) is 51.4. The van der Waals surface area contributed by atoms with E-state index in [1.54, 1.807) is 57.6 Å². The number of nitrogens with zero attached hydrogens (tertiary/aromatic N) is 10. The summed E-state index contributed by atoms with van der Waals surface area (Å²) in [6.07, 6.45) is 0.845. The van der Waals surface area contributed by atoms with E-state index in [-0.39, 0.29) is 70.5 Å². The number of carbonyl (C=O) groups is 6. The molecular weight excluding hydrogens is 1270 g/mol. The number of β-lactam (4-membered cyclic amide) rings is 2. The molecule has 39 heteroatoms. The third-order valence-electron chi connectivity index (χ3n) is 14.0. The Hall–Kier alpha value is -9.35. The van der Waals surface area contributed by atoms with Crippen molar-refractivity contribution in [3.63, 3.8) is 0 Å². The summed E-state index contributed by atoms with van der Waals surface area (Å²) in [5, 5.41) is 55.0. The summed E-state index contributed by atoms with van der Waals surface area (Å²) in [5.41, 5.74) is 18.4. The fourth-order valence-electron chi connectivity index (χ4n) is 8.90. The maximum Gasteiger partial charge on any atom is 0.442 e. The molecule has 6 atom stereocenters. The maximum absolute atomic E-state index is 15.4. The van der Waals surface area contributed by atoms with E-state index < -0.39 is 130 Å². The second kappa shape index (κ2) is 27.4. The molecule has 0 radical (unpaired) electrons. The lowest BCUT2D eigenvalue weighted by atomic mass is 9.84. The lowest BCUT2D eigenvalue weighted by molar-refractivity contribution is -0.754. The number of rotatable bonds is 30. The molecule has 2 aromatic carbocycles. The Kier molecular flexibility index (Phi) is 20.3. The van der Waals surface area contributed by atoms with Gasteiger partial charge >= 0.3 is 22.3 Å². The standard InChI is InChI=1S/C52H60F2N16O18S3/c1-51(2)41(61-43(73)39(35-23-89-49(57)59-35)63-85-37(47(77)78)21-83-29-7-9-31(33(53)11-29)25-15-65(5)67(17-25)19-27(71)13-55)45(75)69(51)87-91(81,82)88-70-46(76)42(52(70,3)4)62-44(74)40(36-24-90-50(58)60-36)64-86-38(48(79)80)22-84-30-8-10-32(34(54)12-30)26-16-66(6)68(18-26)20-28(72)14-56/h7-12,15-18,23-24,27-28,37-38,41-42,71-72H,13-14,19-22,55-56H2,1-6H3,(H6-2,57,58,59,60,61,62,73,74,77,78,79,80)/p+2/b63-39-,64-40-/t27-,28-,37-,38-,41+,42+/m0/s1. The van der Waals surface area contributed by atoms with Crippen LogP contribution in [0.3, 0.4) is 0 Å². The minimum atomic E-state index is -5.43. The average Bonchev–Trinajstić information content (AvgIpc) is 1.29. The number of thiazole rings is 2. The molecule has 91 heavy (non-hydrogen) atoms. The molecule has 2 aliphatic heterocycles. The second-order valence-corrected chi connectivity index (χ2v) is 24.2. The Morgan fingerprint density at radius 3 is 1.37 bits per heavy atom. The normalized spacial score (nSPS) is 17.7. The van der Waals surface area contributed by atoms with Crippen LogP contribution in [0.4, 0.5) is 19.0 Å². The van der Waals surface area contributed by atoms with E-state index in [1.807, 2.05) is 0 Å². The monoisotopic (exact) mass is 1330 g/mol. The van der Waals surface area contributed by atoms with Crippen LogP contribution in [0.5, 0.6) is 11.5 Å². The number of hydrogen-bond donors (Lipinski definition) is 10. The van der Waals surface area contributed by atoms with Crippen molar-refractivity contribution in [2.45, 2.75) is 88.4 Å². The Morgan fingerprint density at radius 2 is 1.07 bits per heavy atom. The van der Waals surface area contributed by atoms with Crippen molar-refractivity contribution in [3.05, 3.63) is 95.0 Å². The molecule has 0 unspecified atom stereocenters. The predicted octanol–water partition coefficient (Wildman–Crippen LogP) is -2.21. The van der Waals surface area contributed by atoms with E-state index >= 15 is 8.78 Å². The number of nitrogen functional groups attached to an aromatic ring is 2. The molecule has 488 valence electrons. The van der Waals surface area contributed by atoms with Gasteiger partial charge in [0, 0.05) is 47.1 Å². The molecule has 6 aromatic rings. The summed E-state index contributed by atoms with van der Waals surface area (Å²) in [5.74, 6) is -9.78. The van der Waals surface area contributed by atoms with E-state index in [0.29, 0.717) is 21.3 Å². The number of anilines is 2. The molecule has 6 heterocycles. The van der Waals surface area contributed by atoms with Crippen molar-refractivity contribution in [2.24, 2.45) is 35.9 Å². The SMILES string of the molecule is C[n+]1cc(-c2ccc(OC[C@H](O/N=C(\C(=O)N[C@@H]3C(=O)N(OS(=O)(=O)ON4C(=O)[C@@H](NC(=O)/C(=N\O[C@@H](COc5ccc(-c6cn(C[C@@H](O)CN)[n+](C)c6)c(F)c5)C(=O)O)c5csc(N)n5)C4(C)C)C3(C)C)c3csc(N)n3)C(=O)O)cc2F)cn1C[C@@H](O)CN. The van der Waals surface area contributed by atoms with Crippen molar-refractivity contribution in [3.8, 4) is 33.8 Å². The van der Waals surface area contributed by atoms with Gasteiger partial charge in [0.15, 0.2) is 35.8 Å². The number of nitrogens with one attached hydrogen (secondary N) is 2. The molecule has 2 saturated heterocycles. The highest BCUT2D eigenvalue weighted by atomic mass is 32.3. The Morgan fingerprint density at radius 1 is 0.692 bits per heavy atom. The van der Waals surface area contributed by atoms with Crippen LogP contribution < -0.4 is 52.4 Å². The summed E-state index contributed by atoms with van der Waals surface area (Å²) in [6, 6.07) is 4.29. The molecule has 0 aliphatic carbocycles. The number of hydroxylamine groups is 4. The molecule has 8 rings (SSSR count). The number of nitrogens with two attached hydrogens (primary N) is 4. The number of halogens is 2. The van der Waals surface area contributed by atoms with Crippen LogP contribution in [-0.2, 0) is 84.6 Å². The summed E-state index contributed by atoms with van der Waals surface area (Å²) >= 11 is 1.70. The number of aryl methyl sites for hydroxylation is 2. The smallest absolute Gasteiger partial charge is 0.442 e. The number of carboxylic acid groups (broad SMARTS) is 2. The fraction of sp³-hybridized carbons (Fsp3) is 0.385. The topological polar surface area (TPSA) is 476 Å². The number of oxime groups is 2. The average molecular weight is 1330 g/mol. The molecule has 2 aliphatic rings. The van der Waals surface area contributed by atoms with Crippen LogP contribution in [-0.4, -0.2) is 179 Å². The van der Waals surface area contributed by atoms with Crippen LogP contribution in [0.2, 0.25) is 0 Å². The van der Waals surface area contributed by atoms with Gasteiger partial charge < -0.3 is 73.1 Å². The third-order valence-corrected chi connectivity index (χ3v) is 16.0. The van der Waals surface area contributed by atoms with Gasteiger partial charge in [0.1, 0.15) is 72.9 Å². The summed E-state index contributed by atoms with van der Waals surface area (Å²) < 4.78 is 85.2. The summed E-state index contributed by atoms with van der Waals surface area (Å²) in [7, 11) is -2.06. The van der Waals surface area contributed by atoms with Crippen molar-refractivity contribution < 1.29 is 103 Å². The van der Waals surface area contributed by atoms with E-state index in [1.165, 1.54) is 62.7 Å². The third kappa shape index (κ3) is 15.3. The first-order chi connectivity index (χ1) is 42.8. The zero-order chi connectivity index (χ0) is 66.6. The molecule has 0 saturated carbocycles. The summed E-state index contributed by atoms with van der Waals surface area (Å²) in [4.78, 5) is 98.0. The number of benzene rings is 2. The molecule has 2 fully saturated rings. The van der Waals surface area contributed by atoms with Gasteiger partial charge in [-0.15, -0.1) is 40.6 Å². The molecular formula is C52H62F2N16O18S3+2. The summed E-state index contributed by atoms with van der Waals surface area (Å²) in [6.45, 7) is 3.77. The highest BCUT2D eigenvalue weighted by Crippen LogP contribution is 2.37. The number of aliphatic hydroxyl groups is 2. The van der Waals surface area contributed by atoms with Crippen LogP contribution in [0.15, 0.2) is 82.3 Å². The number of aliphatic hydroxyl groups excluding tert-OH is 2. The van der Waals surface area contributed by atoms with Gasteiger partial charge in [-0.2, -0.15) is 27.9 Å². The van der Waals surface area contributed by atoms with Gasteiger partial charge in [-0.25, -0.2) is 28.3 Å². The highest BCUT2D eigenvalue weighted by Gasteiger charge is 2.61. The van der Waals surface area contributed by atoms with Crippen LogP contribution in [0.1, 0.15) is 39.1 Å². The number of hydrogen-bond acceptors (Lipinski definition) is 26. The van der Waals surface area contributed by atoms with Crippen LogP contribution in [0.25, 0.3) is 22.3 Å². The molecule has 14 N–H and O–H groups in total. The van der Waals surface area contributed by atoms with Crippen molar-refractivity contribution in [2.75, 3.05) is 37.8 Å². The van der Waals surface area contributed by atoms with Gasteiger partial charge in [-0.05, 0) is 52.0 Å². The molecule has 0 spiro atoms. The van der Waals surface area contributed by atoms with E-state index in [2.05, 4.69) is 30.9 Å². The molecule has 4 aromatic heterocycles. The van der Waals surface area contributed by atoms with E-state index in [0.717, 1.165) is 34.8 Å². The number of amides is 4. The lowest BCUT2D eigenvalue weighted by Gasteiger charge is -2.52. The first kappa shape index (κ1) is 67.6. The Balaban J connectivity index is 0.870. The van der Waals surface area contributed by atoms with Gasteiger partial charge in [0.05, 0.1) is 46.8 Å².